The van der Waals surface area contributed by atoms with Crippen LogP contribution in [0.25, 0.3) is 0 Å². The molecular weight excluding hydrogens is 310 g/mol. The van der Waals surface area contributed by atoms with Gasteiger partial charge in [-0.1, -0.05) is 19.9 Å². The average molecular weight is 335 g/mol. The molecule has 0 N–H and O–H groups in total. The van der Waals surface area contributed by atoms with Crippen molar-refractivity contribution < 1.29 is 13.2 Å². The zero-order valence-corrected chi connectivity index (χ0v) is 14.7. The highest BCUT2D eigenvalue weighted by Crippen LogP contribution is 2.70. The van der Waals surface area contributed by atoms with Crippen molar-refractivity contribution in [1.29, 1.82) is 0 Å². The van der Waals surface area contributed by atoms with Gasteiger partial charge in [-0.25, -0.2) is 12.7 Å². The predicted octanol–water partition coefficient (Wildman–Crippen LogP) is 2.71. The molecule has 0 aromatic rings. The fourth-order valence-electron chi connectivity index (χ4n) is 6.77. The molecule has 5 rings (SSSR count). The van der Waals surface area contributed by atoms with Crippen LogP contribution in [0.5, 0.6) is 0 Å². The first-order valence-electron chi connectivity index (χ1n) is 9.04. The van der Waals surface area contributed by atoms with Gasteiger partial charge in [-0.05, 0) is 61.7 Å². The summed E-state index contributed by atoms with van der Waals surface area (Å²) in [6, 6.07) is -0.0891. The molecule has 4 aliphatic carbocycles. The van der Waals surface area contributed by atoms with E-state index in [1.165, 1.54) is 4.31 Å². The van der Waals surface area contributed by atoms with Crippen LogP contribution in [-0.2, 0) is 14.8 Å². The number of carbonyl (C=O) groups is 1. The van der Waals surface area contributed by atoms with E-state index in [1.54, 1.807) is 0 Å². The number of carbonyl (C=O) groups excluding carboxylic acids is 1. The monoisotopic (exact) mass is 335 g/mol. The third kappa shape index (κ3) is 1.53. The van der Waals surface area contributed by atoms with Crippen LogP contribution in [-0.4, -0.2) is 30.4 Å². The van der Waals surface area contributed by atoms with Gasteiger partial charge in [-0.2, -0.15) is 0 Å². The number of rotatable bonds is 1. The third-order valence-electron chi connectivity index (χ3n) is 8.19. The highest BCUT2D eigenvalue weighted by Gasteiger charge is 2.72. The second kappa shape index (κ2) is 4.04. The van der Waals surface area contributed by atoms with E-state index >= 15 is 0 Å². The first-order valence-corrected chi connectivity index (χ1v) is 10.7. The molecule has 4 fully saturated rings. The molecule has 5 aliphatic rings. The zero-order valence-electron chi connectivity index (χ0n) is 13.9. The van der Waals surface area contributed by atoms with Crippen molar-refractivity contribution in [1.82, 2.24) is 4.31 Å². The van der Waals surface area contributed by atoms with Crippen LogP contribution in [0.2, 0.25) is 0 Å². The Hall–Kier alpha value is -0.840. The molecule has 1 saturated heterocycles. The molecule has 4 bridgehead atoms. The van der Waals surface area contributed by atoms with Gasteiger partial charge in [0.15, 0.2) is 0 Å². The molecule has 5 atom stereocenters. The Bertz CT molecular complexity index is 737. The lowest BCUT2D eigenvalue weighted by molar-refractivity contribution is -0.125. The lowest BCUT2D eigenvalue weighted by Crippen LogP contribution is -2.45. The van der Waals surface area contributed by atoms with Crippen LogP contribution in [0.4, 0.5) is 0 Å². The van der Waals surface area contributed by atoms with Gasteiger partial charge >= 0.3 is 0 Å². The van der Waals surface area contributed by atoms with Crippen molar-refractivity contribution in [2.75, 3.05) is 5.75 Å². The lowest BCUT2D eigenvalue weighted by atomic mass is 9.69. The maximum atomic E-state index is 13.2. The molecule has 0 radical (unpaired) electrons. The van der Waals surface area contributed by atoms with E-state index in [1.807, 2.05) is 0 Å². The molecule has 1 spiro atoms. The van der Waals surface area contributed by atoms with E-state index in [0.29, 0.717) is 17.8 Å². The molecule has 1 amide bonds. The highest BCUT2D eigenvalue weighted by molar-refractivity contribution is 7.90. The fourth-order valence-corrected chi connectivity index (χ4v) is 9.30. The third-order valence-corrected chi connectivity index (χ3v) is 10.1. The Kier molecular flexibility index (Phi) is 2.54. The number of hydrogen-bond donors (Lipinski definition) is 0. The topological polar surface area (TPSA) is 54.5 Å². The summed E-state index contributed by atoms with van der Waals surface area (Å²) in [4.78, 5) is 13.2. The van der Waals surface area contributed by atoms with Gasteiger partial charge in [0.05, 0.1) is 11.8 Å². The number of hydrogen-bond acceptors (Lipinski definition) is 3. The Labute approximate surface area is 138 Å². The first kappa shape index (κ1) is 14.5. The van der Waals surface area contributed by atoms with E-state index in [4.69, 9.17) is 0 Å². The standard InChI is InChI=1S/C18H25NO3S/c1-17(2)13-5-6-18(17)10-23(21,22)19(15(18)9-13)16(20)14-8-11-3-4-12(14)7-11/h8,11-13,15H,3-7,9-10H2,1-2H3/t11-,12+,13-,15-,18-/m1/s1. The molecule has 5 heteroatoms. The minimum Gasteiger partial charge on any atom is -0.268 e. The molecule has 0 unspecified atom stereocenters. The Morgan fingerprint density at radius 1 is 1.22 bits per heavy atom. The van der Waals surface area contributed by atoms with Gasteiger partial charge in [0.2, 0.25) is 10.0 Å². The highest BCUT2D eigenvalue weighted by atomic mass is 32.2. The minimum atomic E-state index is -3.47. The number of fused-ring (bicyclic) bond motifs is 3. The summed E-state index contributed by atoms with van der Waals surface area (Å²) in [5, 5.41) is 0. The van der Waals surface area contributed by atoms with Crippen LogP contribution >= 0.6 is 0 Å². The second-order valence-electron chi connectivity index (χ2n) is 9.11. The van der Waals surface area contributed by atoms with E-state index in [0.717, 1.165) is 44.1 Å². The van der Waals surface area contributed by atoms with Gasteiger partial charge in [0, 0.05) is 11.0 Å². The van der Waals surface area contributed by atoms with Crippen LogP contribution < -0.4 is 0 Å². The fraction of sp³-hybridized carbons (Fsp3) is 0.833. The van der Waals surface area contributed by atoms with Crippen molar-refractivity contribution in [3.05, 3.63) is 11.6 Å². The maximum Gasteiger partial charge on any atom is 0.263 e. The number of allylic oxidation sites excluding steroid dienone is 1. The largest absolute Gasteiger partial charge is 0.268 e. The Morgan fingerprint density at radius 3 is 2.61 bits per heavy atom. The summed E-state index contributed by atoms with van der Waals surface area (Å²) in [7, 11) is -3.47. The molecule has 0 aromatic heterocycles. The number of nitrogens with zero attached hydrogens (tertiary/aromatic N) is 1. The lowest BCUT2D eigenvalue weighted by Gasteiger charge is -2.37. The van der Waals surface area contributed by atoms with Gasteiger partial charge in [0.25, 0.3) is 5.91 Å². The molecule has 126 valence electrons. The van der Waals surface area contributed by atoms with E-state index < -0.39 is 10.0 Å². The summed E-state index contributed by atoms with van der Waals surface area (Å²) >= 11 is 0. The first-order chi connectivity index (χ1) is 10.8. The molecule has 0 aromatic carbocycles. The van der Waals surface area contributed by atoms with E-state index in [-0.39, 0.29) is 28.5 Å². The quantitative estimate of drug-likeness (QED) is 0.740. The summed E-state index contributed by atoms with van der Waals surface area (Å²) in [5.41, 5.74) is 0.634. The van der Waals surface area contributed by atoms with Gasteiger partial charge in [-0.15, -0.1) is 0 Å². The Balaban J connectivity index is 1.57. The minimum absolute atomic E-state index is 0.0306. The zero-order chi connectivity index (χ0) is 16.2. The van der Waals surface area contributed by atoms with Crippen molar-refractivity contribution in [3.8, 4) is 0 Å². The van der Waals surface area contributed by atoms with Crippen molar-refractivity contribution in [3.63, 3.8) is 0 Å². The van der Waals surface area contributed by atoms with Crippen LogP contribution in [0.1, 0.15) is 52.4 Å². The van der Waals surface area contributed by atoms with Gasteiger partial charge < -0.3 is 0 Å². The van der Waals surface area contributed by atoms with E-state index in [9.17, 15) is 13.2 Å². The summed E-state index contributed by atoms with van der Waals surface area (Å²) in [6.45, 7) is 4.45. The predicted molar refractivity (Wildman–Crippen MR) is 86.9 cm³/mol. The average Bonchev–Trinajstić information content (AvgIpc) is 3.21. The van der Waals surface area contributed by atoms with Crippen LogP contribution in [0.3, 0.4) is 0 Å². The van der Waals surface area contributed by atoms with Crippen LogP contribution in [0, 0.1) is 28.6 Å². The maximum absolute atomic E-state index is 13.2. The van der Waals surface area contributed by atoms with E-state index in [2.05, 4.69) is 19.9 Å². The normalized spacial score (nSPS) is 47.9. The smallest absolute Gasteiger partial charge is 0.263 e. The molecule has 3 saturated carbocycles. The SMILES string of the molecule is CC1(C)[C@@H]2CC[C@]13CS(=O)(=O)N(C(=O)C1=C[C@@H]4CC[C@H]1C4)[C@@H]3C2. The summed E-state index contributed by atoms with van der Waals surface area (Å²) in [5.74, 6) is 1.39. The number of sulfonamides is 1. The van der Waals surface area contributed by atoms with Crippen molar-refractivity contribution in [2.45, 2.75) is 58.4 Å². The Morgan fingerprint density at radius 2 is 2.00 bits per heavy atom. The summed E-state index contributed by atoms with van der Waals surface area (Å²) in [6.07, 6.45) is 8.31. The van der Waals surface area contributed by atoms with Crippen molar-refractivity contribution in [2.24, 2.45) is 28.6 Å². The molecule has 1 heterocycles. The van der Waals surface area contributed by atoms with Crippen molar-refractivity contribution >= 4 is 15.9 Å². The molecule has 1 aliphatic heterocycles. The van der Waals surface area contributed by atoms with Gasteiger partial charge in [0.1, 0.15) is 0 Å². The molecular formula is C18H25NO3S. The van der Waals surface area contributed by atoms with Crippen LogP contribution in [0.15, 0.2) is 11.6 Å². The summed E-state index contributed by atoms with van der Waals surface area (Å²) < 4.78 is 27.2. The molecule has 23 heavy (non-hydrogen) atoms. The number of amides is 1. The second-order valence-corrected chi connectivity index (χ2v) is 11.0. The molecule has 4 nitrogen and oxygen atoms in total. The van der Waals surface area contributed by atoms with Gasteiger partial charge in [-0.3, -0.25) is 4.79 Å².